The minimum absolute atomic E-state index is 0.0227. The Balaban J connectivity index is 2.01. The molecule has 2 heterocycles. The fourth-order valence-electron chi connectivity index (χ4n) is 3.54. The number of fused-ring (bicyclic) bond motifs is 7. The second-order valence-corrected chi connectivity index (χ2v) is 4.91. The smallest absolute Gasteiger partial charge is 0.336 e. The number of aromatic nitrogens is 2. The fraction of sp³-hybridized carbons (Fsp3) is 0.500. The predicted molar refractivity (Wildman–Crippen MR) is 56.8 cm³/mol. The lowest BCUT2D eigenvalue weighted by atomic mass is 9.74. The molecule has 0 spiro atoms. The molecule has 1 aromatic heterocycles. The van der Waals surface area contributed by atoms with E-state index in [4.69, 9.17) is 0 Å². The monoisotopic (exact) mass is 248 g/mol. The minimum atomic E-state index is -1.32. The van der Waals surface area contributed by atoms with Gasteiger partial charge in [-0.1, -0.05) is 12.2 Å². The first-order valence-corrected chi connectivity index (χ1v) is 5.62. The van der Waals surface area contributed by atoms with E-state index in [9.17, 15) is 15.3 Å². The van der Waals surface area contributed by atoms with Crippen LogP contribution in [0.15, 0.2) is 21.8 Å². The van der Waals surface area contributed by atoms with Crippen molar-refractivity contribution in [2.75, 3.05) is 0 Å². The van der Waals surface area contributed by atoms with Gasteiger partial charge in [0.1, 0.15) is 5.92 Å². The van der Waals surface area contributed by atoms with E-state index in [0.29, 0.717) is 6.42 Å². The highest BCUT2D eigenvalue weighted by molar-refractivity contribution is 5.79. The van der Waals surface area contributed by atoms with Crippen molar-refractivity contribution in [2.45, 2.75) is 17.9 Å². The molecule has 1 aromatic rings. The van der Waals surface area contributed by atoms with Crippen LogP contribution in [0.3, 0.4) is 0 Å². The fourth-order valence-corrected chi connectivity index (χ4v) is 3.54. The highest BCUT2D eigenvalue weighted by Crippen LogP contribution is 2.58. The molecule has 1 fully saturated rings. The molecule has 2 bridgehead atoms. The molecular formula is C10H8N4O4. The largest absolute Gasteiger partial charge is 0.359 e. The van der Waals surface area contributed by atoms with Crippen LogP contribution in [-0.2, 0) is 0 Å². The van der Waals surface area contributed by atoms with E-state index in [2.05, 4.69) is 14.8 Å². The molecule has 0 N–H and O–H groups in total. The zero-order valence-corrected chi connectivity index (χ0v) is 9.09. The Hall–Kier alpha value is -2.25. The predicted octanol–water partition coefficient (Wildman–Crippen LogP) is 0.329. The van der Waals surface area contributed by atoms with Crippen molar-refractivity contribution >= 4 is 12.0 Å². The van der Waals surface area contributed by atoms with Crippen LogP contribution < -0.4 is 4.90 Å². The van der Waals surface area contributed by atoms with E-state index >= 15 is 0 Å². The molecule has 2 aliphatic carbocycles. The Bertz CT molecular complexity index is 621. The van der Waals surface area contributed by atoms with Crippen molar-refractivity contribution in [3.8, 4) is 0 Å². The summed E-state index contributed by atoms with van der Waals surface area (Å²) in [6.45, 7) is 0. The van der Waals surface area contributed by atoms with E-state index < -0.39 is 11.5 Å². The van der Waals surface area contributed by atoms with Gasteiger partial charge in [-0.15, -0.1) is 0 Å². The summed E-state index contributed by atoms with van der Waals surface area (Å²) in [6.07, 6.45) is 5.79. The van der Waals surface area contributed by atoms with Crippen molar-refractivity contribution < 1.29 is 14.5 Å². The molecule has 1 saturated carbocycles. The Morgan fingerprint density at radius 3 is 3.17 bits per heavy atom. The molecule has 1 aliphatic heterocycles. The number of rotatable bonds is 1. The van der Waals surface area contributed by atoms with Gasteiger partial charge in [0.05, 0.1) is 17.3 Å². The van der Waals surface area contributed by atoms with Crippen molar-refractivity contribution in [2.24, 2.45) is 16.8 Å². The van der Waals surface area contributed by atoms with Gasteiger partial charge in [0.25, 0.3) is 5.54 Å². The molecule has 18 heavy (non-hydrogen) atoms. The van der Waals surface area contributed by atoms with E-state index in [-0.39, 0.29) is 33.2 Å². The van der Waals surface area contributed by atoms with Gasteiger partial charge >= 0.3 is 5.82 Å². The van der Waals surface area contributed by atoms with Gasteiger partial charge in [0.2, 0.25) is 5.69 Å². The van der Waals surface area contributed by atoms with Crippen molar-refractivity contribution in [1.29, 1.82) is 0 Å². The van der Waals surface area contributed by atoms with Gasteiger partial charge in [-0.2, -0.15) is 0 Å². The van der Waals surface area contributed by atoms with Crippen LogP contribution in [-0.4, -0.2) is 21.8 Å². The number of nitro groups is 1. The standard InChI is InChI=1S/C10H8N4O4/c15-13-8-7-5-1-2-6(3-5)10(7,14(16)17)4-11-9(8)12-18-13/h1-2,4-7H,3H2/t5-,6+,7-,10+/m1/s1. The van der Waals surface area contributed by atoms with E-state index in [1.807, 2.05) is 12.2 Å². The maximum atomic E-state index is 11.6. The molecule has 0 radical (unpaired) electrons. The summed E-state index contributed by atoms with van der Waals surface area (Å²) in [5, 5.41) is 26.6. The molecule has 8 heteroatoms. The number of allylic oxidation sites excluding steroid dienone is 1. The van der Waals surface area contributed by atoms with Crippen molar-refractivity contribution in [3.63, 3.8) is 0 Å². The molecule has 8 nitrogen and oxygen atoms in total. The maximum Gasteiger partial charge on any atom is 0.336 e. The van der Waals surface area contributed by atoms with Gasteiger partial charge in [-0.3, -0.25) is 14.7 Å². The Labute approximate surface area is 100 Å². The Morgan fingerprint density at radius 1 is 1.56 bits per heavy atom. The summed E-state index contributed by atoms with van der Waals surface area (Å²) in [5.41, 5.74) is -1.13. The summed E-state index contributed by atoms with van der Waals surface area (Å²) in [6, 6.07) is 0. The molecule has 4 rings (SSSR count). The highest BCUT2D eigenvalue weighted by Gasteiger charge is 2.69. The minimum Gasteiger partial charge on any atom is -0.359 e. The normalized spacial score (nSPS) is 38.8. The summed E-state index contributed by atoms with van der Waals surface area (Å²) in [7, 11) is 0. The summed E-state index contributed by atoms with van der Waals surface area (Å²) < 4.78 is 4.51. The molecule has 4 atom stereocenters. The van der Waals surface area contributed by atoms with E-state index in [0.717, 1.165) is 0 Å². The van der Waals surface area contributed by atoms with Gasteiger partial charge in [0.15, 0.2) is 0 Å². The third-order valence-corrected chi connectivity index (χ3v) is 4.27. The molecule has 3 aliphatic rings. The molecule has 0 unspecified atom stereocenters. The first-order chi connectivity index (χ1) is 8.64. The second-order valence-electron chi connectivity index (χ2n) is 4.91. The second kappa shape index (κ2) is 2.77. The van der Waals surface area contributed by atoms with Crippen LogP contribution in [0.4, 0.5) is 5.82 Å². The highest BCUT2D eigenvalue weighted by atomic mass is 16.8. The van der Waals surface area contributed by atoms with Crippen LogP contribution in [0.5, 0.6) is 0 Å². The van der Waals surface area contributed by atoms with Crippen LogP contribution in [0.2, 0.25) is 0 Å². The average Bonchev–Trinajstić information content (AvgIpc) is 3.02. The number of hydrogen-bond acceptors (Lipinski definition) is 6. The van der Waals surface area contributed by atoms with Crippen LogP contribution in [0.25, 0.3) is 0 Å². The third kappa shape index (κ3) is 0.835. The zero-order chi connectivity index (χ0) is 12.5. The first-order valence-electron chi connectivity index (χ1n) is 5.62. The third-order valence-electron chi connectivity index (χ3n) is 4.27. The summed E-state index contributed by atoms with van der Waals surface area (Å²) in [4.78, 5) is 15.4. The molecule has 92 valence electrons. The Morgan fingerprint density at radius 2 is 2.39 bits per heavy atom. The quantitative estimate of drug-likeness (QED) is 0.308. The Kier molecular flexibility index (Phi) is 1.50. The molecule has 0 saturated heterocycles. The van der Waals surface area contributed by atoms with E-state index in [1.54, 1.807) is 0 Å². The zero-order valence-electron chi connectivity index (χ0n) is 9.09. The van der Waals surface area contributed by atoms with Crippen molar-refractivity contribution in [3.05, 3.63) is 33.2 Å². The topological polar surface area (TPSA) is 108 Å². The molecule has 0 amide bonds. The molecular weight excluding hydrogens is 240 g/mol. The van der Waals surface area contributed by atoms with Crippen LogP contribution in [0, 0.1) is 27.2 Å². The lowest BCUT2D eigenvalue weighted by Crippen LogP contribution is -2.53. The van der Waals surface area contributed by atoms with Crippen LogP contribution >= 0.6 is 0 Å². The summed E-state index contributed by atoms with van der Waals surface area (Å²) in [5.74, 6) is -0.605. The van der Waals surface area contributed by atoms with Gasteiger partial charge < -0.3 is 5.21 Å². The summed E-state index contributed by atoms with van der Waals surface area (Å²) >= 11 is 0. The van der Waals surface area contributed by atoms with Crippen molar-refractivity contribution in [1.82, 2.24) is 5.16 Å². The van der Waals surface area contributed by atoms with Gasteiger partial charge in [0, 0.05) is 4.92 Å². The van der Waals surface area contributed by atoms with Gasteiger partial charge in [-0.25, -0.2) is 4.99 Å². The SMILES string of the molecule is O=[N+]([O-])[C@]12C=Nc3no[n+]([O-])c3[C@H]1[C@@H]1C=C[C@H]2C1. The van der Waals surface area contributed by atoms with Crippen LogP contribution in [0.1, 0.15) is 18.0 Å². The molecule has 0 aromatic carbocycles. The maximum absolute atomic E-state index is 11.6. The van der Waals surface area contributed by atoms with E-state index in [1.165, 1.54) is 6.21 Å². The lowest BCUT2D eigenvalue weighted by Gasteiger charge is -2.30. The first kappa shape index (κ1) is 9.75. The van der Waals surface area contributed by atoms with Gasteiger partial charge in [-0.05, 0) is 17.2 Å². The number of hydrogen-bond donors (Lipinski definition) is 0. The average molecular weight is 248 g/mol. The number of nitrogens with zero attached hydrogens (tertiary/aromatic N) is 4. The number of aliphatic imine (C=N–C) groups is 1. The lowest BCUT2D eigenvalue weighted by molar-refractivity contribution is -0.810.